The molecule has 0 spiro atoms. The van der Waals surface area contributed by atoms with Crippen LogP contribution in [0.15, 0.2) is 24.3 Å². The highest BCUT2D eigenvalue weighted by Gasteiger charge is 2.46. The molecular formula is C26H41N3O5. The third-order valence-corrected chi connectivity index (χ3v) is 5.98. The maximum absolute atomic E-state index is 13.3. The lowest BCUT2D eigenvalue weighted by Gasteiger charge is -2.45. The molecule has 1 saturated heterocycles. The summed E-state index contributed by atoms with van der Waals surface area (Å²) in [7, 11) is 0. The van der Waals surface area contributed by atoms with E-state index < -0.39 is 29.3 Å². The van der Waals surface area contributed by atoms with Gasteiger partial charge < -0.3 is 25.8 Å². The van der Waals surface area contributed by atoms with Crippen molar-refractivity contribution in [3.63, 3.8) is 0 Å². The minimum absolute atomic E-state index is 0.0938. The predicted molar refractivity (Wildman–Crippen MR) is 132 cm³/mol. The molecule has 1 fully saturated rings. The van der Waals surface area contributed by atoms with Gasteiger partial charge in [0.2, 0.25) is 17.7 Å². The Morgan fingerprint density at radius 3 is 2.44 bits per heavy atom. The summed E-state index contributed by atoms with van der Waals surface area (Å²) < 4.78 is 11.6. The van der Waals surface area contributed by atoms with E-state index in [1.54, 1.807) is 38.1 Å². The molecule has 4 N–H and O–H groups in total. The Hall–Kier alpha value is -2.45. The first-order chi connectivity index (χ1) is 15.9. The van der Waals surface area contributed by atoms with E-state index in [1.807, 2.05) is 13.8 Å². The van der Waals surface area contributed by atoms with E-state index in [0.717, 1.165) is 25.7 Å². The van der Waals surface area contributed by atoms with Crippen LogP contribution in [-0.2, 0) is 23.9 Å². The number of ether oxygens (including phenoxy) is 2. The predicted octanol–water partition coefficient (Wildman–Crippen LogP) is 4.20. The molecule has 2 rings (SSSR count). The number of benzene rings is 1. The van der Waals surface area contributed by atoms with Crippen molar-refractivity contribution >= 4 is 23.4 Å². The first-order valence-corrected chi connectivity index (χ1v) is 12.2. The smallest absolute Gasteiger partial charge is 0.250 e. The van der Waals surface area contributed by atoms with Crippen molar-refractivity contribution in [3.8, 4) is 0 Å². The maximum atomic E-state index is 13.3. The van der Waals surface area contributed by atoms with Crippen molar-refractivity contribution in [1.82, 2.24) is 5.32 Å². The minimum Gasteiger partial charge on any atom is -0.370 e. The quantitative estimate of drug-likeness (QED) is 0.392. The standard InChI is InChI=1S/C26H41N3O5/c1-6-7-8-9-10-15-22(31)28-19-14-12-11-13-18(19)20(16-21(27)30)29-24(32)23-25(2,3)17-33-26(4,5)34-23/h11-14,20,23H,6-10,15-17H2,1-5H3,(H2,27,30)(H,28,31)(H,29,32). The zero-order valence-electron chi connectivity index (χ0n) is 21.2. The van der Waals surface area contributed by atoms with Gasteiger partial charge >= 0.3 is 0 Å². The third kappa shape index (κ3) is 8.40. The highest BCUT2D eigenvalue weighted by atomic mass is 16.7. The number of carbonyl (C=O) groups excluding carboxylic acids is 3. The van der Waals surface area contributed by atoms with Crippen LogP contribution in [0.1, 0.15) is 91.2 Å². The molecule has 1 aliphatic rings. The molecule has 0 aromatic heterocycles. The highest BCUT2D eigenvalue weighted by molar-refractivity contribution is 5.92. The summed E-state index contributed by atoms with van der Waals surface area (Å²) in [6, 6.07) is 6.44. The van der Waals surface area contributed by atoms with E-state index in [0.29, 0.717) is 24.3 Å². The van der Waals surface area contributed by atoms with Crippen molar-refractivity contribution in [2.75, 3.05) is 11.9 Å². The molecule has 8 nitrogen and oxygen atoms in total. The van der Waals surface area contributed by atoms with Crippen molar-refractivity contribution < 1.29 is 23.9 Å². The molecule has 3 amide bonds. The van der Waals surface area contributed by atoms with Crippen LogP contribution >= 0.6 is 0 Å². The molecule has 0 radical (unpaired) electrons. The van der Waals surface area contributed by atoms with Crippen LogP contribution in [0.4, 0.5) is 5.69 Å². The molecule has 2 unspecified atom stereocenters. The van der Waals surface area contributed by atoms with Crippen LogP contribution in [0.2, 0.25) is 0 Å². The zero-order chi connectivity index (χ0) is 25.4. The fourth-order valence-corrected chi connectivity index (χ4v) is 4.03. The van der Waals surface area contributed by atoms with Gasteiger partial charge in [-0.25, -0.2) is 0 Å². The molecule has 190 valence electrons. The van der Waals surface area contributed by atoms with E-state index in [9.17, 15) is 14.4 Å². The van der Waals surface area contributed by atoms with E-state index in [2.05, 4.69) is 17.6 Å². The Balaban J connectivity index is 2.16. The van der Waals surface area contributed by atoms with Gasteiger partial charge in [-0.2, -0.15) is 0 Å². The first kappa shape index (κ1) is 27.8. The number of amides is 3. The average molecular weight is 476 g/mol. The normalized spacial score (nSPS) is 19.7. The van der Waals surface area contributed by atoms with E-state index >= 15 is 0 Å². The number of carbonyl (C=O) groups is 3. The summed E-state index contributed by atoms with van der Waals surface area (Å²) in [5.41, 5.74) is 6.12. The topological polar surface area (TPSA) is 120 Å². The van der Waals surface area contributed by atoms with Gasteiger partial charge in [0.1, 0.15) is 6.10 Å². The Labute approximate surface area is 203 Å². The summed E-state index contributed by atoms with van der Waals surface area (Å²) in [4.78, 5) is 37.7. The van der Waals surface area contributed by atoms with Crippen molar-refractivity contribution in [3.05, 3.63) is 29.8 Å². The maximum Gasteiger partial charge on any atom is 0.250 e. The van der Waals surface area contributed by atoms with Gasteiger partial charge in [0.25, 0.3) is 0 Å². The Kier molecular flexibility index (Phi) is 10.1. The number of unbranched alkanes of at least 4 members (excludes halogenated alkanes) is 4. The molecule has 0 aliphatic carbocycles. The summed E-state index contributed by atoms with van der Waals surface area (Å²) in [6.45, 7) is 9.81. The summed E-state index contributed by atoms with van der Waals surface area (Å²) in [5.74, 6) is -1.91. The molecule has 1 aromatic rings. The Bertz CT molecular complexity index is 853. The van der Waals surface area contributed by atoms with Crippen molar-refractivity contribution in [2.24, 2.45) is 11.1 Å². The second-order valence-corrected chi connectivity index (χ2v) is 10.2. The lowest BCUT2D eigenvalue weighted by atomic mass is 9.85. The van der Waals surface area contributed by atoms with Gasteiger partial charge in [-0.15, -0.1) is 0 Å². The van der Waals surface area contributed by atoms with Crippen LogP contribution in [0.3, 0.4) is 0 Å². The highest BCUT2D eigenvalue weighted by Crippen LogP contribution is 2.36. The fourth-order valence-electron chi connectivity index (χ4n) is 4.03. The molecule has 1 aliphatic heterocycles. The number of hydrogen-bond acceptors (Lipinski definition) is 5. The SMILES string of the molecule is CCCCCCCC(=O)Nc1ccccc1C(CC(N)=O)NC(=O)C1OC(C)(C)OCC1(C)C. The largest absolute Gasteiger partial charge is 0.370 e. The summed E-state index contributed by atoms with van der Waals surface area (Å²) in [5, 5.41) is 5.88. The van der Waals surface area contributed by atoms with E-state index in [1.165, 1.54) is 6.42 Å². The van der Waals surface area contributed by atoms with Crippen molar-refractivity contribution in [2.45, 2.75) is 97.5 Å². The zero-order valence-corrected chi connectivity index (χ0v) is 21.2. The van der Waals surface area contributed by atoms with Gasteiger partial charge in [0.15, 0.2) is 5.79 Å². The van der Waals surface area contributed by atoms with Crippen LogP contribution in [0, 0.1) is 5.41 Å². The molecule has 2 atom stereocenters. The number of primary amides is 1. The van der Waals surface area contributed by atoms with Crippen molar-refractivity contribution in [1.29, 1.82) is 0 Å². The van der Waals surface area contributed by atoms with Gasteiger partial charge in [0.05, 0.1) is 19.1 Å². The van der Waals surface area contributed by atoms with Gasteiger partial charge in [0, 0.05) is 17.5 Å². The number of hydrogen-bond donors (Lipinski definition) is 3. The lowest BCUT2D eigenvalue weighted by Crippen LogP contribution is -2.57. The molecule has 1 aromatic carbocycles. The summed E-state index contributed by atoms with van der Waals surface area (Å²) >= 11 is 0. The number of nitrogens with two attached hydrogens (primary N) is 1. The minimum atomic E-state index is -0.903. The number of anilines is 1. The van der Waals surface area contributed by atoms with Gasteiger partial charge in [-0.05, 0) is 31.9 Å². The van der Waals surface area contributed by atoms with Crippen LogP contribution in [0.25, 0.3) is 0 Å². The van der Waals surface area contributed by atoms with Gasteiger partial charge in [-0.3, -0.25) is 14.4 Å². The monoisotopic (exact) mass is 475 g/mol. The number of rotatable bonds is 12. The third-order valence-electron chi connectivity index (χ3n) is 5.98. The lowest BCUT2D eigenvalue weighted by molar-refractivity contribution is -0.304. The number of nitrogens with one attached hydrogen (secondary N) is 2. The van der Waals surface area contributed by atoms with Crippen LogP contribution in [0.5, 0.6) is 0 Å². The van der Waals surface area contributed by atoms with E-state index in [-0.39, 0.29) is 18.2 Å². The first-order valence-electron chi connectivity index (χ1n) is 12.2. The molecule has 0 bridgehead atoms. The van der Waals surface area contributed by atoms with Crippen LogP contribution in [-0.4, -0.2) is 36.2 Å². The second-order valence-electron chi connectivity index (χ2n) is 10.2. The number of para-hydroxylation sites is 1. The molecule has 8 heteroatoms. The molecule has 34 heavy (non-hydrogen) atoms. The fraction of sp³-hybridized carbons (Fsp3) is 0.654. The average Bonchev–Trinajstić information content (AvgIpc) is 2.75. The van der Waals surface area contributed by atoms with Gasteiger partial charge in [-0.1, -0.05) is 64.7 Å². The van der Waals surface area contributed by atoms with Crippen LogP contribution < -0.4 is 16.4 Å². The second kappa shape index (κ2) is 12.3. The molecule has 1 heterocycles. The molecular weight excluding hydrogens is 434 g/mol. The Morgan fingerprint density at radius 1 is 1.09 bits per heavy atom. The van der Waals surface area contributed by atoms with E-state index in [4.69, 9.17) is 15.2 Å². The Morgan fingerprint density at radius 2 is 1.76 bits per heavy atom. The summed E-state index contributed by atoms with van der Waals surface area (Å²) in [6.07, 6.45) is 4.81. The molecule has 0 saturated carbocycles.